The number of furan rings is 1. The van der Waals surface area contributed by atoms with Gasteiger partial charge in [0.15, 0.2) is 0 Å². The van der Waals surface area contributed by atoms with E-state index in [1.54, 1.807) is 19.1 Å². The predicted octanol–water partition coefficient (Wildman–Crippen LogP) is 4.29. The number of aromatic nitrogens is 1. The Bertz CT molecular complexity index is 523. The van der Waals surface area contributed by atoms with Gasteiger partial charge < -0.3 is 4.42 Å². The van der Waals surface area contributed by atoms with Crippen LogP contribution in [0.25, 0.3) is 0 Å². The molecule has 0 amide bonds. The van der Waals surface area contributed by atoms with Crippen LogP contribution in [0.2, 0.25) is 0 Å². The summed E-state index contributed by atoms with van der Waals surface area (Å²) < 4.78 is 42.9. The van der Waals surface area contributed by atoms with Crippen molar-refractivity contribution < 1.29 is 17.6 Å². The molecule has 18 heavy (non-hydrogen) atoms. The van der Waals surface area contributed by atoms with Crippen molar-refractivity contribution in [3.05, 3.63) is 47.5 Å². The van der Waals surface area contributed by atoms with Crippen LogP contribution in [-0.2, 0) is 11.9 Å². The van der Waals surface area contributed by atoms with Crippen LogP contribution >= 0.6 is 11.8 Å². The first kappa shape index (κ1) is 13.0. The molecule has 2 heterocycles. The molecular formula is C12H10F3NOS. The molecule has 0 spiro atoms. The van der Waals surface area contributed by atoms with Crippen LogP contribution in [0.15, 0.2) is 40.0 Å². The number of aryl methyl sites for hydroxylation is 1. The summed E-state index contributed by atoms with van der Waals surface area (Å²) in [5, 5.41) is 0.346. The minimum atomic E-state index is -4.34. The first-order chi connectivity index (χ1) is 8.45. The third-order valence-electron chi connectivity index (χ3n) is 2.20. The van der Waals surface area contributed by atoms with Crippen LogP contribution in [0.1, 0.15) is 17.0 Å². The van der Waals surface area contributed by atoms with Gasteiger partial charge >= 0.3 is 6.18 Å². The second-order valence-electron chi connectivity index (χ2n) is 3.70. The summed E-state index contributed by atoms with van der Waals surface area (Å²) in [6.45, 7) is 1.55. The van der Waals surface area contributed by atoms with Crippen molar-refractivity contribution in [1.29, 1.82) is 0 Å². The largest absolute Gasteiger partial charge is 0.468 e. The Morgan fingerprint density at radius 2 is 2.11 bits per heavy atom. The number of pyridine rings is 1. The summed E-state index contributed by atoms with van der Waals surface area (Å²) >= 11 is 1.22. The third kappa shape index (κ3) is 3.29. The lowest BCUT2D eigenvalue weighted by molar-refractivity contribution is -0.137. The molecular weight excluding hydrogens is 263 g/mol. The van der Waals surface area contributed by atoms with E-state index in [-0.39, 0.29) is 0 Å². The normalized spacial score (nSPS) is 11.8. The van der Waals surface area contributed by atoms with Crippen molar-refractivity contribution in [3.8, 4) is 0 Å². The lowest BCUT2D eigenvalue weighted by Gasteiger charge is -2.09. The molecule has 0 aliphatic carbocycles. The summed E-state index contributed by atoms with van der Waals surface area (Å²) in [7, 11) is 0. The van der Waals surface area contributed by atoms with Crippen molar-refractivity contribution in [2.24, 2.45) is 0 Å². The van der Waals surface area contributed by atoms with Gasteiger partial charge in [-0.25, -0.2) is 4.98 Å². The summed E-state index contributed by atoms with van der Waals surface area (Å²) in [6.07, 6.45) is -2.81. The highest BCUT2D eigenvalue weighted by molar-refractivity contribution is 7.98. The van der Waals surface area contributed by atoms with Crippen molar-refractivity contribution in [1.82, 2.24) is 4.98 Å². The highest BCUT2D eigenvalue weighted by atomic mass is 32.2. The molecule has 0 saturated carbocycles. The molecule has 6 heteroatoms. The van der Waals surface area contributed by atoms with Gasteiger partial charge in [-0.3, -0.25) is 0 Å². The van der Waals surface area contributed by atoms with E-state index in [0.29, 0.717) is 22.2 Å². The monoisotopic (exact) mass is 273 g/mol. The smallest absolute Gasteiger partial charge is 0.416 e. The van der Waals surface area contributed by atoms with Crippen LogP contribution in [0.5, 0.6) is 0 Å². The minimum Gasteiger partial charge on any atom is -0.468 e. The van der Waals surface area contributed by atoms with Gasteiger partial charge in [0.05, 0.1) is 22.6 Å². The number of rotatable bonds is 3. The van der Waals surface area contributed by atoms with E-state index < -0.39 is 11.7 Å². The molecule has 0 saturated heterocycles. The molecule has 2 rings (SSSR count). The zero-order valence-electron chi connectivity index (χ0n) is 9.49. The van der Waals surface area contributed by atoms with E-state index in [0.717, 1.165) is 12.1 Å². The first-order valence-electron chi connectivity index (χ1n) is 5.16. The van der Waals surface area contributed by atoms with Gasteiger partial charge in [0, 0.05) is 5.69 Å². The van der Waals surface area contributed by atoms with Gasteiger partial charge in [0.25, 0.3) is 0 Å². The topological polar surface area (TPSA) is 26.0 Å². The number of hydrogen-bond acceptors (Lipinski definition) is 3. The van der Waals surface area contributed by atoms with Gasteiger partial charge in [-0.15, -0.1) is 0 Å². The maximum Gasteiger partial charge on any atom is 0.416 e. The summed E-state index contributed by atoms with van der Waals surface area (Å²) in [6, 6.07) is 5.60. The standard InChI is InChI=1S/C12H10F3NOS/c1-8-5-9(12(13,14)15)6-11(16-8)18-7-10-3-2-4-17-10/h2-6H,7H2,1H3. The number of hydrogen-bond donors (Lipinski definition) is 0. The SMILES string of the molecule is Cc1cc(C(F)(F)F)cc(SCc2ccco2)n1. The van der Waals surface area contributed by atoms with Gasteiger partial charge in [-0.1, -0.05) is 11.8 Å². The molecule has 0 unspecified atom stereocenters. The number of alkyl halides is 3. The summed E-state index contributed by atoms with van der Waals surface area (Å²) in [4.78, 5) is 4.07. The molecule has 0 aromatic carbocycles. The van der Waals surface area contributed by atoms with Crippen molar-refractivity contribution in [3.63, 3.8) is 0 Å². The second kappa shape index (κ2) is 5.06. The Hall–Kier alpha value is -1.43. The van der Waals surface area contributed by atoms with Crippen LogP contribution in [0.3, 0.4) is 0 Å². The number of nitrogens with zero attached hydrogens (tertiary/aromatic N) is 1. The fourth-order valence-corrected chi connectivity index (χ4v) is 2.29. The van der Waals surface area contributed by atoms with Crippen LogP contribution in [0.4, 0.5) is 13.2 Å². The number of halogens is 3. The zero-order chi connectivity index (χ0) is 13.2. The van der Waals surface area contributed by atoms with E-state index in [9.17, 15) is 13.2 Å². The first-order valence-corrected chi connectivity index (χ1v) is 6.15. The van der Waals surface area contributed by atoms with Crippen LogP contribution in [-0.4, -0.2) is 4.98 Å². The van der Waals surface area contributed by atoms with E-state index in [1.807, 2.05) is 0 Å². The Morgan fingerprint density at radius 3 is 2.72 bits per heavy atom. The zero-order valence-corrected chi connectivity index (χ0v) is 10.3. The maximum absolute atomic E-state index is 12.6. The highest BCUT2D eigenvalue weighted by Gasteiger charge is 2.31. The molecule has 2 aromatic rings. The maximum atomic E-state index is 12.6. The molecule has 0 atom stereocenters. The number of thioether (sulfide) groups is 1. The molecule has 2 nitrogen and oxygen atoms in total. The van der Waals surface area contributed by atoms with E-state index >= 15 is 0 Å². The third-order valence-corrected chi connectivity index (χ3v) is 3.13. The van der Waals surface area contributed by atoms with Crippen LogP contribution in [0, 0.1) is 6.92 Å². The van der Waals surface area contributed by atoms with Crippen molar-refractivity contribution >= 4 is 11.8 Å². The van der Waals surface area contributed by atoms with E-state index in [2.05, 4.69) is 4.98 Å². The highest BCUT2D eigenvalue weighted by Crippen LogP contribution is 2.32. The molecule has 0 N–H and O–H groups in total. The molecule has 0 aliphatic rings. The van der Waals surface area contributed by atoms with Gasteiger partial charge in [0.2, 0.25) is 0 Å². The average molecular weight is 273 g/mol. The molecule has 2 aromatic heterocycles. The predicted molar refractivity (Wildman–Crippen MR) is 62.2 cm³/mol. The van der Waals surface area contributed by atoms with Gasteiger partial charge in [0.1, 0.15) is 5.76 Å². The Balaban J connectivity index is 2.15. The second-order valence-corrected chi connectivity index (χ2v) is 4.70. The summed E-state index contributed by atoms with van der Waals surface area (Å²) in [5.41, 5.74) is -0.316. The van der Waals surface area contributed by atoms with Crippen molar-refractivity contribution in [2.45, 2.75) is 23.9 Å². The molecule has 0 aliphatic heterocycles. The molecule has 0 radical (unpaired) electrons. The van der Waals surface area contributed by atoms with Gasteiger partial charge in [-0.05, 0) is 31.2 Å². The Labute approximate surface area is 106 Å². The quantitative estimate of drug-likeness (QED) is 0.780. The van der Waals surface area contributed by atoms with Crippen LogP contribution < -0.4 is 0 Å². The van der Waals surface area contributed by atoms with E-state index in [4.69, 9.17) is 4.42 Å². The Morgan fingerprint density at radius 1 is 1.33 bits per heavy atom. The van der Waals surface area contributed by atoms with Gasteiger partial charge in [-0.2, -0.15) is 13.2 Å². The molecule has 0 bridgehead atoms. The molecule has 0 fully saturated rings. The summed E-state index contributed by atoms with van der Waals surface area (Å²) in [5.74, 6) is 1.16. The minimum absolute atomic E-state index is 0.346. The molecule has 96 valence electrons. The lowest BCUT2D eigenvalue weighted by atomic mass is 10.2. The van der Waals surface area contributed by atoms with E-state index in [1.165, 1.54) is 18.0 Å². The fraction of sp³-hybridized carbons (Fsp3) is 0.250. The lowest BCUT2D eigenvalue weighted by Crippen LogP contribution is -2.06. The Kier molecular flexibility index (Phi) is 3.65. The fourth-order valence-electron chi connectivity index (χ4n) is 1.42. The van der Waals surface area contributed by atoms with Crippen molar-refractivity contribution in [2.75, 3.05) is 0 Å². The average Bonchev–Trinajstić information content (AvgIpc) is 2.77.